The second-order valence-electron chi connectivity index (χ2n) is 4.36. The zero-order valence-electron chi connectivity index (χ0n) is 8.64. The van der Waals surface area contributed by atoms with Crippen LogP contribution in [-0.2, 0) is 4.79 Å². The number of Topliss-reactive ketones (excluding diaryl/α,β-unsaturated/α-hetero) is 1. The molecule has 15 heavy (non-hydrogen) atoms. The van der Waals surface area contributed by atoms with Gasteiger partial charge in [0.05, 0.1) is 0 Å². The number of rotatable bonds is 1. The van der Waals surface area contributed by atoms with Crippen molar-refractivity contribution in [2.24, 2.45) is 0 Å². The number of fused-ring (bicyclic) bond motifs is 2. The van der Waals surface area contributed by atoms with Crippen LogP contribution < -0.4 is 4.90 Å². The predicted molar refractivity (Wildman–Crippen MR) is 58.2 cm³/mol. The molecule has 0 saturated carbocycles. The van der Waals surface area contributed by atoms with Crippen molar-refractivity contribution >= 4 is 22.4 Å². The van der Waals surface area contributed by atoms with E-state index in [1.165, 1.54) is 11.5 Å². The third-order valence-electron chi connectivity index (χ3n) is 3.28. The van der Waals surface area contributed by atoms with Gasteiger partial charge >= 0.3 is 0 Å². The number of anilines is 1. The Kier molecular flexibility index (Phi) is 2.02. The molecule has 2 bridgehead atoms. The topological polar surface area (TPSA) is 46.1 Å². The summed E-state index contributed by atoms with van der Waals surface area (Å²) in [6.07, 6.45) is 3.67. The molecule has 0 spiro atoms. The van der Waals surface area contributed by atoms with Crippen LogP contribution in [0.1, 0.15) is 31.5 Å². The van der Waals surface area contributed by atoms with E-state index in [-0.39, 0.29) is 0 Å². The molecule has 3 rings (SSSR count). The summed E-state index contributed by atoms with van der Waals surface area (Å²) in [5, 5.41) is 1.01. The van der Waals surface area contributed by atoms with Gasteiger partial charge in [0.15, 0.2) is 0 Å². The Morgan fingerprint density at radius 2 is 2.00 bits per heavy atom. The summed E-state index contributed by atoms with van der Waals surface area (Å²) in [6, 6.07) is 0.784. The first kappa shape index (κ1) is 9.27. The molecular weight excluding hydrogens is 210 g/mol. The number of hydrogen-bond donors (Lipinski definition) is 0. The number of ketones is 1. The minimum Gasteiger partial charge on any atom is -0.340 e. The summed E-state index contributed by atoms with van der Waals surface area (Å²) < 4.78 is 4.21. The minimum absolute atomic E-state index is 0.392. The van der Waals surface area contributed by atoms with E-state index in [0.717, 1.165) is 23.8 Å². The maximum absolute atomic E-state index is 11.4. The monoisotopic (exact) mass is 223 g/mol. The summed E-state index contributed by atoms with van der Waals surface area (Å²) >= 11 is 1.46. The third kappa shape index (κ3) is 1.45. The van der Waals surface area contributed by atoms with Crippen molar-refractivity contribution in [3.05, 3.63) is 5.82 Å². The lowest BCUT2D eigenvalue weighted by atomic mass is 10.0. The lowest BCUT2D eigenvalue weighted by Crippen LogP contribution is -2.43. The van der Waals surface area contributed by atoms with Gasteiger partial charge in [-0.2, -0.15) is 4.37 Å². The van der Waals surface area contributed by atoms with Crippen molar-refractivity contribution in [3.63, 3.8) is 0 Å². The van der Waals surface area contributed by atoms with Crippen LogP contribution in [0.25, 0.3) is 0 Å². The summed E-state index contributed by atoms with van der Waals surface area (Å²) in [5.74, 6) is 1.26. The maximum atomic E-state index is 11.4. The number of piperidine rings is 1. The molecule has 0 aromatic carbocycles. The molecule has 80 valence electrons. The Morgan fingerprint density at radius 3 is 2.53 bits per heavy atom. The fourth-order valence-corrected chi connectivity index (χ4v) is 3.49. The molecule has 2 atom stereocenters. The van der Waals surface area contributed by atoms with Crippen molar-refractivity contribution in [2.45, 2.75) is 44.7 Å². The molecule has 0 amide bonds. The molecule has 4 nitrogen and oxygen atoms in total. The molecule has 2 aliphatic rings. The average Bonchev–Trinajstić information content (AvgIpc) is 2.69. The van der Waals surface area contributed by atoms with Crippen LogP contribution in [0.4, 0.5) is 5.13 Å². The predicted octanol–water partition coefficient (Wildman–Crippen LogP) is 1.55. The van der Waals surface area contributed by atoms with Crippen molar-refractivity contribution in [2.75, 3.05) is 4.90 Å². The number of carbonyl (C=O) groups excluding carboxylic acids is 1. The standard InChI is InChI=1S/C10H13N3OS/c1-6-11-10(15-12-6)13-7-2-3-8(13)5-9(14)4-7/h7-8H,2-5H2,1H3. The van der Waals surface area contributed by atoms with Gasteiger partial charge in [-0.1, -0.05) is 0 Å². The third-order valence-corrected chi connectivity index (χ3v) is 4.11. The Bertz CT molecular complexity index is 387. The SMILES string of the molecule is Cc1nsc(N2C3CCC2CC(=O)C3)n1. The highest BCUT2D eigenvalue weighted by Gasteiger charge is 2.41. The second-order valence-corrected chi connectivity index (χ2v) is 5.09. The van der Waals surface area contributed by atoms with Gasteiger partial charge in [0, 0.05) is 36.5 Å². The number of aryl methyl sites for hydroxylation is 1. The fourth-order valence-electron chi connectivity index (χ4n) is 2.67. The normalized spacial score (nSPS) is 29.9. The van der Waals surface area contributed by atoms with Gasteiger partial charge in [-0.15, -0.1) is 0 Å². The van der Waals surface area contributed by atoms with Crippen molar-refractivity contribution in [1.82, 2.24) is 9.36 Å². The van der Waals surface area contributed by atoms with Crippen molar-refractivity contribution in [3.8, 4) is 0 Å². The van der Waals surface area contributed by atoms with Gasteiger partial charge in [-0.05, 0) is 19.8 Å². The lowest BCUT2D eigenvalue weighted by Gasteiger charge is -2.33. The van der Waals surface area contributed by atoms with Crippen molar-refractivity contribution in [1.29, 1.82) is 0 Å². The van der Waals surface area contributed by atoms with E-state index in [4.69, 9.17) is 0 Å². The van der Waals surface area contributed by atoms with Gasteiger partial charge in [-0.3, -0.25) is 4.79 Å². The van der Waals surface area contributed by atoms with Gasteiger partial charge < -0.3 is 4.90 Å². The second kappa shape index (κ2) is 3.27. The molecule has 2 saturated heterocycles. The quantitative estimate of drug-likeness (QED) is 0.724. The average molecular weight is 223 g/mol. The molecule has 2 aliphatic heterocycles. The summed E-state index contributed by atoms with van der Waals surface area (Å²) in [7, 11) is 0. The van der Waals surface area contributed by atoms with Crippen LogP contribution in [0.3, 0.4) is 0 Å². The summed E-state index contributed by atoms with van der Waals surface area (Å²) in [6.45, 7) is 1.91. The van der Waals surface area contributed by atoms with E-state index in [1.807, 2.05) is 6.92 Å². The van der Waals surface area contributed by atoms with E-state index >= 15 is 0 Å². The molecule has 2 fully saturated rings. The smallest absolute Gasteiger partial charge is 0.205 e. The largest absolute Gasteiger partial charge is 0.340 e. The van der Waals surface area contributed by atoms with Crippen LogP contribution >= 0.6 is 11.5 Å². The van der Waals surface area contributed by atoms with Crippen LogP contribution in [-0.4, -0.2) is 27.2 Å². The van der Waals surface area contributed by atoms with E-state index in [2.05, 4.69) is 14.3 Å². The van der Waals surface area contributed by atoms with Crippen LogP contribution in [0, 0.1) is 6.92 Å². The maximum Gasteiger partial charge on any atom is 0.205 e. The molecule has 3 heterocycles. The van der Waals surface area contributed by atoms with Gasteiger partial charge in [0.1, 0.15) is 11.6 Å². The molecule has 0 aliphatic carbocycles. The number of hydrogen-bond acceptors (Lipinski definition) is 5. The van der Waals surface area contributed by atoms with Crippen LogP contribution in [0.15, 0.2) is 0 Å². The first-order valence-electron chi connectivity index (χ1n) is 5.34. The van der Waals surface area contributed by atoms with Crippen LogP contribution in [0.2, 0.25) is 0 Å². The molecule has 1 aromatic heterocycles. The first-order valence-corrected chi connectivity index (χ1v) is 6.12. The summed E-state index contributed by atoms with van der Waals surface area (Å²) in [4.78, 5) is 18.2. The molecule has 0 N–H and O–H groups in total. The molecular formula is C10H13N3OS. The van der Waals surface area contributed by atoms with E-state index in [0.29, 0.717) is 30.7 Å². The zero-order chi connectivity index (χ0) is 10.4. The molecule has 5 heteroatoms. The zero-order valence-corrected chi connectivity index (χ0v) is 9.46. The van der Waals surface area contributed by atoms with Gasteiger partial charge in [0.2, 0.25) is 5.13 Å². The van der Waals surface area contributed by atoms with E-state index in [9.17, 15) is 4.79 Å². The Morgan fingerprint density at radius 1 is 1.33 bits per heavy atom. The van der Waals surface area contributed by atoms with Crippen LogP contribution in [0.5, 0.6) is 0 Å². The Labute approximate surface area is 92.5 Å². The molecule has 2 unspecified atom stereocenters. The van der Waals surface area contributed by atoms with Crippen molar-refractivity contribution < 1.29 is 4.79 Å². The number of aromatic nitrogens is 2. The van der Waals surface area contributed by atoms with E-state index in [1.54, 1.807) is 0 Å². The summed E-state index contributed by atoms with van der Waals surface area (Å²) in [5.41, 5.74) is 0. The Hall–Kier alpha value is -0.970. The number of carbonyl (C=O) groups is 1. The Balaban J connectivity index is 1.91. The number of nitrogens with zero attached hydrogens (tertiary/aromatic N) is 3. The molecule has 1 aromatic rings. The minimum atomic E-state index is 0.392. The van der Waals surface area contributed by atoms with E-state index < -0.39 is 0 Å². The van der Waals surface area contributed by atoms with Gasteiger partial charge in [-0.25, -0.2) is 4.98 Å². The highest BCUT2D eigenvalue weighted by atomic mass is 32.1. The highest BCUT2D eigenvalue weighted by Crippen LogP contribution is 2.38. The van der Waals surface area contributed by atoms with Gasteiger partial charge in [0.25, 0.3) is 0 Å². The lowest BCUT2D eigenvalue weighted by molar-refractivity contribution is -0.120. The molecule has 0 radical (unpaired) electrons. The highest BCUT2D eigenvalue weighted by molar-refractivity contribution is 7.09. The fraction of sp³-hybridized carbons (Fsp3) is 0.700. The first-order chi connectivity index (χ1) is 7.24.